The first kappa shape index (κ1) is 15.8. The lowest BCUT2D eigenvalue weighted by Crippen LogP contribution is -2.37. The molecule has 2 rings (SSSR count). The van der Waals surface area contributed by atoms with Crippen LogP contribution in [0.4, 0.5) is 0 Å². The predicted octanol–water partition coefficient (Wildman–Crippen LogP) is 2.56. The highest BCUT2D eigenvalue weighted by atomic mass is 35.5. The van der Waals surface area contributed by atoms with E-state index in [4.69, 9.17) is 11.6 Å². The van der Waals surface area contributed by atoms with Crippen LogP contribution in [-0.4, -0.2) is 26.2 Å². The van der Waals surface area contributed by atoms with Crippen molar-refractivity contribution in [3.05, 3.63) is 29.3 Å². The van der Waals surface area contributed by atoms with Crippen molar-refractivity contribution in [2.75, 3.05) is 6.54 Å². The normalized spacial score (nSPS) is 18.9. The average Bonchev–Trinajstić information content (AvgIpc) is 2.46. The highest BCUT2D eigenvalue weighted by Gasteiger charge is 2.23. The maximum Gasteiger partial charge on any atom is 0.240 e. The summed E-state index contributed by atoms with van der Waals surface area (Å²) in [6, 6.07) is 6.10. The number of halogens is 1. The number of aliphatic hydroxyl groups is 1. The van der Waals surface area contributed by atoms with Gasteiger partial charge in [-0.25, -0.2) is 13.1 Å². The van der Waals surface area contributed by atoms with Crippen molar-refractivity contribution in [1.29, 1.82) is 0 Å². The fraction of sp³-hybridized carbons (Fsp3) is 0.571. The molecule has 2 N–H and O–H groups in total. The van der Waals surface area contributed by atoms with E-state index in [-0.39, 0.29) is 17.4 Å². The molecular weight excluding hydrogens is 298 g/mol. The smallest absolute Gasteiger partial charge is 0.240 e. The van der Waals surface area contributed by atoms with Gasteiger partial charge in [0.05, 0.1) is 11.0 Å². The molecule has 0 spiro atoms. The molecule has 4 nitrogen and oxygen atoms in total. The fourth-order valence-electron chi connectivity index (χ4n) is 2.60. The van der Waals surface area contributed by atoms with Gasteiger partial charge < -0.3 is 5.11 Å². The summed E-state index contributed by atoms with van der Waals surface area (Å²) in [4.78, 5) is 0.126. The minimum atomic E-state index is -3.61. The fourth-order valence-corrected chi connectivity index (χ4v) is 3.95. The first-order chi connectivity index (χ1) is 9.49. The summed E-state index contributed by atoms with van der Waals surface area (Å²) < 4.78 is 26.6. The molecule has 1 atom stereocenters. The van der Waals surface area contributed by atoms with Crippen LogP contribution in [0.5, 0.6) is 0 Å². The Morgan fingerprint density at radius 3 is 2.65 bits per heavy atom. The van der Waals surface area contributed by atoms with Crippen molar-refractivity contribution in [3.8, 4) is 0 Å². The van der Waals surface area contributed by atoms with Crippen molar-refractivity contribution >= 4 is 21.6 Å². The summed E-state index contributed by atoms with van der Waals surface area (Å²) in [6.45, 7) is 0.0551. The van der Waals surface area contributed by atoms with Gasteiger partial charge in [0, 0.05) is 11.6 Å². The molecule has 20 heavy (non-hydrogen) atoms. The van der Waals surface area contributed by atoms with Crippen LogP contribution in [0, 0.1) is 5.92 Å². The number of nitrogens with one attached hydrogen (secondary N) is 1. The molecule has 6 heteroatoms. The van der Waals surface area contributed by atoms with E-state index in [1.54, 1.807) is 12.1 Å². The zero-order valence-corrected chi connectivity index (χ0v) is 12.8. The Labute approximate surface area is 125 Å². The second-order valence-corrected chi connectivity index (χ2v) is 7.48. The molecule has 1 fully saturated rings. The Kier molecular flexibility index (Phi) is 5.43. The Balaban J connectivity index is 1.95. The van der Waals surface area contributed by atoms with Crippen LogP contribution in [0.15, 0.2) is 29.2 Å². The summed E-state index contributed by atoms with van der Waals surface area (Å²) in [5.41, 5.74) is 0. The lowest BCUT2D eigenvalue weighted by atomic mass is 9.85. The molecule has 0 heterocycles. The molecule has 1 aromatic carbocycles. The lowest BCUT2D eigenvalue weighted by molar-refractivity contribution is 0.0888. The molecule has 1 unspecified atom stereocenters. The number of sulfonamides is 1. The quantitative estimate of drug-likeness (QED) is 0.877. The van der Waals surface area contributed by atoms with Gasteiger partial charge in [0.2, 0.25) is 10.0 Å². The van der Waals surface area contributed by atoms with Crippen LogP contribution >= 0.6 is 11.6 Å². The molecule has 0 amide bonds. The van der Waals surface area contributed by atoms with Gasteiger partial charge in [0.1, 0.15) is 0 Å². The minimum absolute atomic E-state index is 0.0551. The standard InChI is InChI=1S/C14H20ClNO3S/c15-12-7-4-8-13(9-12)20(18,19)16-10-14(17)11-5-2-1-3-6-11/h4,7-9,11,14,16-17H,1-3,5-6,10H2. The maximum absolute atomic E-state index is 12.1. The third-order valence-electron chi connectivity index (χ3n) is 3.78. The number of hydrogen-bond acceptors (Lipinski definition) is 3. The Morgan fingerprint density at radius 2 is 2.00 bits per heavy atom. The summed E-state index contributed by atoms with van der Waals surface area (Å²) in [7, 11) is -3.61. The molecule has 0 aromatic heterocycles. The van der Waals surface area contributed by atoms with Gasteiger partial charge in [-0.1, -0.05) is 36.9 Å². The van der Waals surface area contributed by atoms with E-state index in [2.05, 4.69) is 4.72 Å². The maximum atomic E-state index is 12.1. The third kappa shape index (κ3) is 4.19. The zero-order chi connectivity index (χ0) is 14.6. The van der Waals surface area contributed by atoms with Crippen LogP contribution in [0.25, 0.3) is 0 Å². The van der Waals surface area contributed by atoms with Crippen molar-refractivity contribution in [2.24, 2.45) is 5.92 Å². The van der Waals surface area contributed by atoms with Crippen molar-refractivity contribution < 1.29 is 13.5 Å². The molecule has 112 valence electrons. The van der Waals surface area contributed by atoms with Crippen LogP contribution in [0.1, 0.15) is 32.1 Å². The van der Waals surface area contributed by atoms with E-state index >= 15 is 0 Å². The van der Waals surface area contributed by atoms with Gasteiger partial charge in [-0.05, 0) is 37.0 Å². The lowest BCUT2D eigenvalue weighted by Gasteiger charge is -2.26. The van der Waals surface area contributed by atoms with Gasteiger partial charge >= 0.3 is 0 Å². The van der Waals surface area contributed by atoms with Crippen LogP contribution in [-0.2, 0) is 10.0 Å². The number of aliphatic hydroxyl groups excluding tert-OH is 1. The molecule has 0 aliphatic heterocycles. The van der Waals surface area contributed by atoms with E-state index in [0.717, 1.165) is 25.7 Å². The third-order valence-corrected chi connectivity index (χ3v) is 5.44. The zero-order valence-electron chi connectivity index (χ0n) is 11.3. The Bertz CT molecular complexity index is 541. The van der Waals surface area contributed by atoms with E-state index < -0.39 is 16.1 Å². The number of hydrogen-bond donors (Lipinski definition) is 2. The minimum Gasteiger partial charge on any atom is -0.391 e. The molecule has 0 bridgehead atoms. The van der Waals surface area contributed by atoms with Gasteiger partial charge in [-0.3, -0.25) is 0 Å². The predicted molar refractivity (Wildman–Crippen MR) is 79.2 cm³/mol. The Morgan fingerprint density at radius 1 is 1.30 bits per heavy atom. The highest BCUT2D eigenvalue weighted by Crippen LogP contribution is 2.26. The topological polar surface area (TPSA) is 66.4 Å². The van der Waals surface area contributed by atoms with E-state index in [1.807, 2.05) is 0 Å². The van der Waals surface area contributed by atoms with Crippen molar-refractivity contribution in [1.82, 2.24) is 4.72 Å². The van der Waals surface area contributed by atoms with Gasteiger partial charge in [0.15, 0.2) is 0 Å². The van der Waals surface area contributed by atoms with Gasteiger partial charge in [-0.2, -0.15) is 0 Å². The molecule has 1 saturated carbocycles. The summed E-state index contributed by atoms with van der Waals surface area (Å²) in [5, 5.41) is 10.5. The molecular formula is C14H20ClNO3S. The first-order valence-corrected chi connectivity index (χ1v) is 8.78. The second kappa shape index (κ2) is 6.89. The van der Waals surface area contributed by atoms with Crippen LogP contribution < -0.4 is 4.72 Å². The largest absolute Gasteiger partial charge is 0.391 e. The van der Waals surface area contributed by atoms with E-state index in [1.165, 1.54) is 18.6 Å². The average molecular weight is 318 g/mol. The van der Waals surface area contributed by atoms with Gasteiger partial charge in [-0.15, -0.1) is 0 Å². The van der Waals surface area contributed by atoms with Crippen LogP contribution in [0.3, 0.4) is 0 Å². The summed E-state index contributed by atoms with van der Waals surface area (Å²) in [6.07, 6.45) is 4.76. The SMILES string of the molecule is O=S(=O)(NCC(O)C1CCCCC1)c1cccc(Cl)c1. The molecule has 1 aliphatic carbocycles. The number of benzene rings is 1. The first-order valence-electron chi connectivity index (χ1n) is 6.92. The van der Waals surface area contributed by atoms with Crippen molar-refractivity contribution in [3.63, 3.8) is 0 Å². The molecule has 0 radical (unpaired) electrons. The summed E-state index contributed by atoms with van der Waals surface area (Å²) >= 11 is 5.79. The highest BCUT2D eigenvalue weighted by molar-refractivity contribution is 7.89. The monoisotopic (exact) mass is 317 g/mol. The van der Waals surface area contributed by atoms with Crippen molar-refractivity contribution in [2.45, 2.75) is 43.1 Å². The molecule has 1 aliphatic rings. The second-order valence-electron chi connectivity index (χ2n) is 5.27. The number of rotatable bonds is 5. The summed E-state index contributed by atoms with van der Waals surface area (Å²) in [5.74, 6) is 0.200. The molecule has 0 saturated heterocycles. The van der Waals surface area contributed by atoms with E-state index in [9.17, 15) is 13.5 Å². The molecule has 1 aromatic rings. The Hall–Kier alpha value is -0.620. The van der Waals surface area contributed by atoms with Crippen LogP contribution in [0.2, 0.25) is 5.02 Å². The van der Waals surface area contributed by atoms with Gasteiger partial charge in [0.25, 0.3) is 0 Å². The van der Waals surface area contributed by atoms with E-state index in [0.29, 0.717) is 5.02 Å².